The maximum Gasteiger partial charge on any atom is 0.472 e. The lowest BCUT2D eigenvalue weighted by atomic mass is 10.1. The number of allylic oxidation sites excluding steroid dienone is 6. The Kier molecular flexibility index (Phi) is 39.5. The van der Waals surface area contributed by atoms with Crippen molar-refractivity contribution in [1.29, 1.82) is 0 Å². The lowest BCUT2D eigenvalue weighted by molar-refractivity contribution is -0.161. The Morgan fingerprint density at radius 3 is 1.43 bits per heavy atom. The Morgan fingerprint density at radius 2 is 0.963 bits per heavy atom. The second kappa shape index (κ2) is 40.9. The molecule has 3 N–H and O–H groups in total. The summed E-state index contributed by atoms with van der Waals surface area (Å²) >= 11 is 0. The third-order valence-electron chi connectivity index (χ3n) is 9.28. The molecule has 0 saturated heterocycles. The molecule has 10 heteroatoms. The molecule has 54 heavy (non-hydrogen) atoms. The zero-order chi connectivity index (χ0) is 39.6. The molecule has 9 nitrogen and oxygen atoms in total. The van der Waals surface area contributed by atoms with Crippen molar-refractivity contribution < 1.29 is 37.6 Å². The Morgan fingerprint density at radius 1 is 0.556 bits per heavy atom. The number of esters is 2. The smallest absolute Gasteiger partial charge is 0.462 e. The van der Waals surface area contributed by atoms with Gasteiger partial charge in [-0.2, -0.15) is 0 Å². The van der Waals surface area contributed by atoms with Gasteiger partial charge in [-0.25, -0.2) is 4.57 Å². The monoisotopic (exact) mass is 784 g/mol. The molecule has 0 saturated carbocycles. The molecule has 0 aromatic heterocycles. The summed E-state index contributed by atoms with van der Waals surface area (Å²) in [5, 5.41) is 0. The van der Waals surface area contributed by atoms with E-state index in [9.17, 15) is 19.0 Å². The first kappa shape index (κ1) is 52.2. The number of hydrogen-bond acceptors (Lipinski definition) is 8. The Balaban J connectivity index is 4.09. The lowest BCUT2D eigenvalue weighted by Gasteiger charge is -2.19. The summed E-state index contributed by atoms with van der Waals surface area (Å²) in [6.07, 6.45) is 44.6. The van der Waals surface area contributed by atoms with Crippen LogP contribution in [0.5, 0.6) is 0 Å². The van der Waals surface area contributed by atoms with E-state index in [0.717, 1.165) is 57.8 Å². The summed E-state index contributed by atoms with van der Waals surface area (Å²) in [4.78, 5) is 34.8. The van der Waals surface area contributed by atoms with Crippen molar-refractivity contribution in [2.45, 2.75) is 206 Å². The van der Waals surface area contributed by atoms with E-state index in [1.54, 1.807) is 0 Å². The van der Waals surface area contributed by atoms with Gasteiger partial charge in [-0.05, 0) is 51.4 Å². The van der Waals surface area contributed by atoms with Crippen LogP contribution in [0, 0.1) is 0 Å². The van der Waals surface area contributed by atoms with Gasteiger partial charge in [0.25, 0.3) is 0 Å². The zero-order valence-corrected chi connectivity index (χ0v) is 35.6. The Bertz CT molecular complexity index is 986. The van der Waals surface area contributed by atoms with Crippen molar-refractivity contribution in [2.24, 2.45) is 5.73 Å². The molecule has 0 bridgehead atoms. The number of nitrogens with two attached hydrogens (primary N) is 1. The molecule has 0 aliphatic carbocycles. The minimum atomic E-state index is -4.37. The molecule has 2 unspecified atom stereocenters. The number of phosphoric acid groups is 1. The van der Waals surface area contributed by atoms with Gasteiger partial charge in [-0.3, -0.25) is 18.6 Å². The van der Waals surface area contributed by atoms with E-state index in [4.69, 9.17) is 24.3 Å². The van der Waals surface area contributed by atoms with E-state index in [1.165, 1.54) is 109 Å². The van der Waals surface area contributed by atoms with E-state index < -0.39 is 26.5 Å². The van der Waals surface area contributed by atoms with Gasteiger partial charge in [-0.15, -0.1) is 0 Å². The lowest BCUT2D eigenvalue weighted by Crippen LogP contribution is -2.29. The van der Waals surface area contributed by atoms with Crippen molar-refractivity contribution in [1.82, 2.24) is 0 Å². The van der Waals surface area contributed by atoms with Crippen LogP contribution in [0.1, 0.15) is 200 Å². The van der Waals surface area contributed by atoms with Crippen LogP contribution in [0.25, 0.3) is 0 Å². The molecule has 0 heterocycles. The first-order valence-corrected chi connectivity index (χ1v) is 23.5. The van der Waals surface area contributed by atoms with Gasteiger partial charge in [-0.1, -0.05) is 172 Å². The first-order valence-electron chi connectivity index (χ1n) is 22.0. The Hall–Kier alpha value is -1.77. The van der Waals surface area contributed by atoms with Crippen LogP contribution >= 0.6 is 7.82 Å². The normalized spacial score (nSPS) is 13.6. The highest BCUT2D eigenvalue weighted by Gasteiger charge is 2.26. The summed E-state index contributed by atoms with van der Waals surface area (Å²) in [6.45, 7) is 3.70. The van der Waals surface area contributed by atoms with E-state index >= 15 is 0 Å². The fraction of sp³-hybridized carbons (Fsp3) is 0.818. The largest absolute Gasteiger partial charge is 0.472 e. The third-order valence-corrected chi connectivity index (χ3v) is 10.3. The van der Waals surface area contributed by atoms with Crippen LogP contribution in [-0.2, 0) is 32.7 Å². The first-order chi connectivity index (χ1) is 26.3. The van der Waals surface area contributed by atoms with Gasteiger partial charge in [0.05, 0.1) is 13.2 Å². The molecule has 0 aromatic rings. The van der Waals surface area contributed by atoms with Crippen molar-refractivity contribution in [2.75, 3.05) is 26.4 Å². The summed E-state index contributed by atoms with van der Waals surface area (Å²) in [5.74, 6) is -0.835. The molecule has 0 spiro atoms. The molecule has 2 atom stereocenters. The topological polar surface area (TPSA) is 134 Å². The van der Waals surface area contributed by atoms with Crippen molar-refractivity contribution in [3.63, 3.8) is 0 Å². The van der Waals surface area contributed by atoms with Crippen LogP contribution in [0.15, 0.2) is 36.5 Å². The number of carbonyl (C=O) groups is 2. The van der Waals surface area contributed by atoms with Crippen LogP contribution in [-0.4, -0.2) is 49.3 Å². The molecule has 0 amide bonds. The Labute approximate surface area is 331 Å². The van der Waals surface area contributed by atoms with Gasteiger partial charge in [0.15, 0.2) is 6.10 Å². The van der Waals surface area contributed by atoms with E-state index in [1.807, 2.05) is 0 Å². The molecule has 316 valence electrons. The van der Waals surface area contributed by atoms with Gasteiger partial charge >= 0.3 is 19.8 Å². The number of phosphoric ester groups is 1. The fourth-order valence-corrected chi connectivity index (χ4v) is 6.76. The van der Waals surface area contributed by atoms with Crippen molar-refractivity contribution in [3.8, 4) is 0 Å². The predicted octanol–water partition coefficient (Wildman–Crippen LogP) is 12.6. The van der Waals surface area contributed by atoms with Crippen molar-refractivity contribution in [3.05, 3.63) is 36.5 Å². The van der Waals surface area contributed by atoms with Crippen LogP contribution in [0.4, 0.5) is 0 Å². The summed E-state index contributed by atoms with van der Waals surface area (Å²) < 4.78 is 32.7. The minimum absolute atomic E-state index is 0.0524. The zero-order valence-electron chi connectivity index (χ0n) is 34.7. The maximum absolute atomic E-state index is 12.6. The standard InChI is InChI=1S/C44H82NO8P/c1-3-5-7-9-11-13-15-16-17-18-19-20-21-22-23-24-25-26-27-29-31-33-35-37-44(47)53-42(41-52-54(48,49)51-39-38-45)40-50-43(46)36-34-32-30-28-14-12-10-8-6-4-2/h15-16,18-19,21-22,42H,3-14,17,20,23-41,45H2,1-2H3,(H,48,49)/b16-15-,19-18-,22-21-. The summed E-state index contributed by atoms with van der Waals surface area (Å²) in [5.41, 5.74) is 5.34. The molecule has 0 aliphatic heterocycles. The third kappa shape index (κ3) is 39.9. The number of rotatable bonds is 41. The highest BCUT2D eigenvalue weighted by Crippen LogP contribution is 2.43. The van der Waals surface area contributed by atoms with E-state index in [-0.39, 0.29) is 38.6 Å². The summed E-state index contributed by atoms with van der Waals surface area (Å²) in [7, 11) is -4.37. The number of unbranched alkanes of at least 4 members (excludes halogenated alkanes) is 22. The van der Waals surface area contributed by atoms with E-state index in [2.05, 4.69) is 50.3 Å². The highest BCUT2D eigenvalue weighted by molar-refractivity contribution is 7.47. The van der Waals surface area contributed by atoms with Gasteiger partial charge in [0, 0.05) is 19.4 Å². The highest BCUT2D eigenvalue weighted by atomic mass is 31.2. The number of ether oxygens (including phenoxy) is 2. The molecule has 0 rings (SSSR count). The SMILES string of the molecule is CCCCCCC/C=C\C/C=C\C/C=C\CCCCCCCCCCC(=O)OC(COC(=O)CCCCCCCCCCCC)COP(=O)(O)OCCN. The quantitative estimate of drug-likeness (QED) is 0.0269. The molecule has 0 aromatic carbocycles. The molecule has 0 fully saturated rings. The number of hydrogen-bond donors (Lipinski definition) is 2. The summed E-state index contributed by atoms with van der Waals surface area (Å²) in [6, 6.07) is 0. The minimum Gasteiger partial charge on any atom is -0.462 e. The fourth-order valence-electron chi connectivity index (χ4n) is 5.99. The maximum atomic E-state index is 12.6. The molecular formula is C44H82NO8P. The van der Waals surface area contributed by atoms with Crippen LogP contribution < -0.4 is 5.73 Å². The second-order valence-electron chi connectivity index (χ2n) is 14.6. The predicted molar refractivity (Wildman–Crippen MR) is 224 cm³/mol. The van der Waals surface area contributed by atoms with Gasteiger partial charge < -0.3 is 20.1 Å². The van der Waals surface area contributed by atoms with Gasteiger partial charge in [0.2, 0.25) is 0 Å². The molecule has 0 aliphatic rings. The van der Waals surface area contributed by atoms with Gasteiger partial charge in [0.1, 0.15) is 6.61 Å². The molecular weight excluding hydrogens is 701 g/mol. The van der Waals surface area contributed by atoms with Crippen molar-refractivity contribution >= 4 is 19.8 Å². The average Bonchev–Trinajstić information content (AvgIpc) is 3.16. The average molecular weight is 784 g/mol. The molecule has 0 radical (unpaired) electrons. The second-order valence-corrected chi connectivity index (χ2v) is 16.0. The van der Waals surface area contributed by atoms with Crippen LogP contribution in [0.2, 0.25) is 0 Å². The number of carbonyl (C=O) groups excluding carboxylic acids is 2. The van der Waals surface area contributed by atoms with Crippen LogP contribution in [0.3, 0.4) is 0 Å². The van der Waals surface area contributed by atoms with E-state index in [0.29, 0.717) is 6.42 Å².